The van der Waals surface area contributed by atoms with Crippen LogP contribution in [0.2, 0.25) is 0 Å². The number of aliphatic carboxylic acids is 1. The number of hydrogen-bond acceptors (Lipinski definition) is 6. The van der Waals surface area contributed by atoms with Crippen LogP contribution < -0.4 is 0 Å². The molecule has 1 aromatic carbocycles. The molecule has 2 rings (SSSR count). The molecule has 2 N–H and O–H groups in total. The first-order chi connectivity index (χ1) is 9.18. The molecule has 96 valence electrons. The van der Waals surface area contributed by atoms with E-state index in [1.54, 1.807) is 35.7 Å². The standard InChI is InChI=1S/C12H9N3O3S/c16-10(8-4-2-1-3-5-8)9(11(17)18)14-15-12-13-6-7-19-12/h1-7,16H,(H,17,18). The molecule has 1 aromatic heterocycles. The highest BCUT2D eigenvalue weighted by Gasteiger charge is 2.15. The second-order valence-corrected chi connectivity index (χ2v) is 4.26. The lowest BCUT2D eigenvalue weighted by Gasteiger charge is -2.01. The Labute approximate surface area is 112 Å². The molecule has 2 aromatic rings. The number of aromatic nitrogens is 1. The number of carbonyl (C=O) groups is 1. The molecule has 0 radical (unpaired) electrons. The summed E-state index contributed by atoms with van der Waals surface area (Å²) in [5.74, 6) is -1.80. The predicted octanol–water partition coefficient (Wildman–Crippen LogP) is 3.24. The first kappa shape index (κ1) is 12.9. The summed E-state index contributed by atoms with van der Waals surface area (Å²) in [6, 6.07) is 8.29. The molecule has 0 saturated carbocycles. The van der Waals surface area contributed by atoms with Gasteiger partial charge in [-0.05, 0) is 0 Å². The highest BCUT2D eigenvalue weighted by atomic mass is 32.1. The molecule has 0 bridgehead atoms. The summed E-state index contributed by atoms with van der Waals surface area (Å²) in [5, 5.41) is 28.2. The summed E-state index contributed by atoms with van der Waals surface area (Å²) in [7, 11) is 0. The zero-order chi connectivity index (χ0) is 13.7. The van der Waals surface area contributed by atoms with Crippen LogP contribution in [0.1, 0.15) is 5.56 Å². The monoisotopic (exact) mass is 275 g/mol. The maximum absolute atomic E-state index is 11.1. The largest absolute Gasteiger partial charge is 0.505 e. The van der Waals surface area contributed by atoms with Crippen LogP contribution in [0.5, 0.6) is 0 Å². The Balaban J connectivity index is 2.37. The van der Waals surface area contributed by atoms with Crippen molar-refractivity contribution in [1.29, 1.82) is 0 Å². The van der Waals surface area contributed by atoms with Gasteiger partial charge in [0.1, 0.15) is 0 Å². The van der Waals surface area contributed by atoms with E-state index >= 15 is 0 Å². The van der Waals surface area contributed by atoms with Gasteiger partial charge in [-0.2, -0.15) is 0 Å². The Morgan fingerprint density at radius 3 is 2.53 bits per heavy atom. The van der Waals surface area contributed by atoms with Crippen molar-refractivity contribution in [3.8, 4) is 0 Å². The van der Waals surface area contributed by atoms with Gasteiger partial charge in [0, 0.05) is 17.1 Å². The van der Waals surface area contributed by atoms with E-state index in [2.05, 4.69) is 15.2 Å². The second-order valence-electron chi connectivity index (χ2n) is 3.38. The Morgan fingerprint density at radius 1 is 1.21 bits per heavy atom. The lowest BCUT2D eigenvalue weighted by molar-refractivity contribution is -0.132. The van der Waals surface area contributed by atoms with Gasteiger partial charge in [0.25, 0.3) is 0 Å². The van der Waals surface area contributed by atoms with Gasteiger partial charge in [-0.1, -0.05) is 30.3 Å². The van der Waals surface area contributed by atoms with Crippen LogP contribution in [0.25, 0.3) is 5.76 Å². The van der Waals surface area contributed by atoms with Crippen LogP contribution in [0.4, 0.5) is 5.13 Å². The van der Waals surface area contributed by atoms with Crippen LogP contribution in [-0.2, 0) is 4.79 Å². The van der Waals surface area contributed by atoms with Gasteiger partial charge in [-0.25, -0.2) is 9.78 Å². The third-order valence-electron chi connectivity index (χ3n) is 2.13. The number of hydrogen-bond donors (Lipinski definition) is 2. The van der Waals surface area contributed by atoms with Crippen molar-refractivity contribution in [1.82, 2.24) is 4.98 Å². The van der Waals surface area contributed by atoms with E-state index in [0.29, 0.717) is 10.7 Å². The van der Waals surface area contributed by atoms with E-state index in [-0.39, 0.29) is 0 Å². The number of benzene rings is 1. The van der Waals surface area contributed by atoms with E-state index in [1.165, 1.54) is 17.5 Å². The van der Waals surface area contributed by atoms with Crippen molar-refractivity contribution in [2.75, 3.05) is 0 Å². The third kappa shape index (κ3) is 3.23. The molecule has 1 heterocycles. The van der Waals surface area contributed by atoms with Crippen LogP contribution in [0.15, 0.2) is 57.8 Å². The van der Waals surface area contributed by atoms with Gasteiger partial charge >= 0.3 is 5.97 Å². The van der Waals surface area contributed by atoms with E-state index in [0.717, 1.165) is 0 Å². The molecular weight excluding hydrogens is 266 g/mol. The highest BCUT2D eigenvalue weighted by molar-refractivity contribution is 7.13. The van der Waals surface area contributed by atoms with E-state index in [4.69, 9.17) is 5.11 Å². The number of aliphatic hydroxyl groups excluding tert-OH is 1. The van der Waals surface area contributed by atoms with Gasteiger partial charge in [-0.15, -0.1) is 21.6 Å². The van der Waals surface area contributed by atoms with Crippen LogP contribution in [-0.4, -0.2) is 21.2 Å². The second kappa shape index (κ2) is 5.87. The molecule has 0 aliphatic carbocycles. The van der Waals surface area contributed by atoms with Crippen LogP contribution >= 0.6 is 11.3 Å². The molecular formula is C12H9N3O3S. The van der Waals surface area contributed by atoms with Crippen molar-refractivity contribution >= 4 is 28.2 Å². The summed E-state index contributed by atoms with van der Waals surface area (Å²) in [6.45, 7) is 0. The number of nitrogens with zero attached hydrogens (tertiary/aromatic N) is 3. The minimum Gasteiger partial charge on any atom is -0.505 e. The Bertz CT molecular complexity index is 621. The van der Waals surface area contributed by atoms with Gasteiger partial charge in [0.05, 0.1) is 0 Å². The maximum Gasteiger partial charge on any atom is 0.360 e. The van der Waals surface area contributed by atoms with Crippen molar-refractivity contribution in [2.24, 2.45) is 10.2 Å². The van der Waals surface area contributed by atoms with E-state index < -0.39 is 17.4 Å². The summed E-state index contributed by atoms with van der Waals surface area (Å²) >= 11 is 1.22. The molecule has 0 unspecified atom stereocenters. The molecule has 0 atom stereocenters. The van der Waals surface area contributed by atoms with Crippen molar-refractivity contribution < 1.29 is 15.0 Å². The Morgan fingerprint density at radius 2 is 1.95 bits per heavy atom. The predicted molar refractivity (Wildman–Crippen MR) is 70.3 cm³/mol. The van der Waals surface area contributed by atoms with Crippen LogP contribution in [0.3, 0.4) is 0 Å². The normalized spacial score (nSPS) is 12.4. The molecule has 0 aliphatic rings. The molecule has 0 spiro atoms. The highest BCUT2D eigenvalue weighted by Crippen LogP contribution is 2.20. The average Bonchev–Trinajstić information content (AvgIpc) is 2.92. The molecule has 0 saturated heterocycles. The zero-order valence-corrected chi connectivity index (χ0v) is 10.4. The van der Waals surface area contributed by atoms with E-state index in [9.17, 15) is 9.90 Å². The quantitative estimate of drug-likeness (QED) is 0.508. The third-order valence-corrected chi connectivity index (χ3v) is 2.78. The lowest BCUT2D eigenvalue weighted by Crippen LogP contribution is -2.01. The molecule has 0 amide bonds. The fraction of sp³-hybridized carbons (Fsp3) is 0. The molecule has 7 heteroatoms. The van der Waals surface area contributed by atoms with E-state index in [1.807, 2.05) is 0 Å². The zero-order valence-electron chi connectivity index (χ0n) is 9.59. The topological polar surface area (TPSA) is 95.1 Å². The number of thiazole rings is 1. The molecule has 0 fully saturated rings. The Hall–Kier alpha value is -2.54. The van der Waals surface area contributed by atoms with Gasteiger partial charge in [-0.3, -0.25) is 0 Å². The molecule has 0 aliphatic heterocycles. The van der Waals surface area contributed by atoms with Gasteiger partial charge in [0.2, 0.25) is 10.8 Å². The average molecular weight is 275 g/mol. The van der Waals surface area contributed by atoms with Crippen LogP contribution in [0, 0.1) is 0 Å². The first-order valence-electron chi connectivity index (χ1n) is 5.21. The van der Waals surface area contributed by atoms with Crippen molar-refractivity contribution in [2.45, 2.75) is 0 Å². The number of carboxylic acids is 1. The minimum absolute atomic E-state index is 0.319. The smallest absolute Gasteiger partial charge is 0.360 e. The van der Waals surface area contributed by atoms with Crippen molar-refractivity contribution in [3.63, 3.8) is 0 Å². The van der Waals surface area contributed by atoms with Crippen molar-refractivity contribution in [3.05, 3.63) is 53.2 Å². The number of azo groups is 1. The molecule has 19 heavy (non-hydrogen) atoms. The fourth-order valence-corrected chi connectivity index (χ4v) is 1.74. The fourth-order valence-electron chi connectivity index (χ4n) is 1.28. The minimum atomic E-state index is -1.36. The van der Waals surface area contributed by atoms with Gasteiger partial charge < -0.3 is 10.2 Å². The summed E-state index contributed by atoms with van der Waals surface area (Å²) < 4.78 is 0. The number of rotatable bonds is 4. The summed E-state index contributed by atoms with van der Waals surface area (Å²) in [5.41, 5.74) is -0.167. The Kier molecular flexibility index (Phi) is 3.99. The first-order valence-corrected chi connectivity index (χ1v) is 6.09. The summed E-state index contributed by atoms with van der Waals surface area (Å²) in [6.07, 6.45) is 1.53. The number of carboxylic acid groups (broad SMARTS) is 1. The lowest BCUT2D eigenvalue weighted by atomic mass is 10.1. The maximum atomic E-state index is 11.1. The SMILES string of the molecule is O=C(O)C(N=Nc1nccs1)=C(O)c1ccccc1. The molecule has 6 nitrogen and oxygen atoms in total. The van der Waals surface area contributed by atoms with Gasteiger partial charge in [0.15, 0.2) is 5.76 Å². The summed E-state index contributed by atoms with van der Waals surface area (Å²) in [4.78, 5) is 14.9. The number of aliphatic hydroxyl groups is 1.